The highest BCUT2D eigenvalue weighted by Gasteiger charge is 2.25. The lowest BCUT2D eigenvalue weighted by Crippen LogP contribution is -2.32. The third kappa shape index (κ3) is 6.55. The molecule has 0 amide bonds. The van der Waals surface area contributed by atoms with Crippen LogP contribution in [0.2, 0.25) is 8.67 Å². The molecule has 0 spiro atoms. The van der Waals surface area contributed by atoms with Crippen molar-refractivity contribution in [1.29, 1.82) is 0 Å². The number of sulfonamides is 1. The van der Waals surface area contributed by atoms with Crippen LogP contribution in [0, 0.1) is 17.7 Å². The molecule has 12 heteroatoms. The first-order valence-electron chi connectivity index (χ1n) is 12.2. The number of nitrogens with one attached hydrogen (secondary N) is 3. The summed E-state index contributed by atoms with van der Waals surface area (Å²) >= 11 is 13.0. The lowest BCUT2D eigenvalue weighted by atomic mass is 9.82. The number of rotatable bonds is 9. The van der Waals surface area contributed by atoms with E-state index in [0.29, 0.717) is 40.8 Å². The number of hydrogen-bond acceptors (Lipinski definition) is 7. The fourth-order valence-electron chi connectivity index (χ4n) is 4.64. The van der Waals surface area contributed by atoms with Crippen LogP contribution in [0.5, 0.6) is 0 Å². The first kappa shape index (κ1) is 27.1. The zero-order valence-electron chi connectivity index (χ0n) is 20.3. The molecule has 2 aromatic heterocycles. The van der Waals surface area contributed by atoms with Crippen molar-refractivity contribution in [1.82, 2.24) is 14.7 Å². The van der Waals surface area contributed by atoms with Crippen molar-refractivity contribution in [3.8, 4) is 0 Å². The number of hydrogen-bond donors (Lipinski definition) is 3. The Labute approximate surface area is 234 Å². The molecule has 1 saturated carbocycles. The number of aromatic nitrogens is 2. The van der Waals surface area contributed by atoms with Gasteiger partial charge in [0.25, 0.3) is 0 Å². The molecule has 5 rings (SSSR count). The number of nitrogens with zero attached hydrogens (tertiary/aromatic N) is 2. The highest BCUT2D eigenvalue weighted by Crippen LogP contribution is 2.35. The van der Waals surface area contributed by atoms with Crippen LogP contribution in [-0.2, 0) is 10.0 Å². The second kappa shape index (κ2) is 11.7. The van der Waals surface area contributed by atoms with Gasteiger partial charge in [0.1, 0.15) is 20.9 Å². The molecule has 0 unspecified atom stereocenters. The highest BCUT2D eigenvalue weighted by atomic mass is 35.5. The van der Waals surface area contributed by atoms with Crippen LogP contribution in [0.15, 0.2) is 59.5 Å². The molecule has 7 nitrogen and oxygen atoms in total. The van der Waals surface area contributed by atoms with Gasteiger partial charge in [-0.25, -0.2) is 22.5 Å². The molecule has 38 heavy (non-hydrogen) atoms. The van der Waals surface area contributed by atoms with E-state index < -0.39 is 10.0 Å². The third-order valence-electron chi connectivity index (χ3n) is 6.68. The lowest BCUT2D eigenvalue weighted by Gasteiger charge is -2.28. The van der Waals surface area contributed by atoms with E-state index in [2.05, 4.69) is 25.3 Å². The molecular weight excluding hydrogens is 568 g/mol. The van der Waals surface area contributed by atoms with Crippen molar-refractivity contribution in [3.05, 3.63) is 69.1 Å². The van der Waals surface area contributed by atoms with E-state index in [1.165, 1.54) is 18.2 Å². The van der Waals surface area contributed by atoms with Crippen molar-refractivity contribution >= 4 is 72.9 Å². The Bertz CT molecular complexity index is 1540. The average molecular weight is 595 g/mol. The first-order chi connectivity index (χ1) is 18.3. The van der Waals surface area contributed by atoms with Gasteiger partial charge in [-0.3, -0.25) is 0 Å². The number of thiophene rings is 1. The van der Waals surface area contributed by atoms with Crippen LogP contribution in [0.25, 0.3) is 10.9 Å². The smallest absolute Gasteiger partial charge is 0.242 e. The molecule has 200 valence electrons. The molecule has 0 radical (unpaired) electrons. The molecule has 0 saturated heterocycles. The van der Waals surface area contributed by atoms with Gasteiger partial charge < -0.3 is 10.6 Å². The molecule has 4 aromatic rings. The minimum Gasteiger partial charge on any atom is -0.354 e. The average Bonchev–Trinajstić information content (AvgIpc) is 3.25. The second-order valence-electron chi connectivity index (χ2n) is 9.36. The number of para-hydroxylation sites is 1. The van der Waals surface area contributed by atoms with Gasteiger partial charge in [-0.15, -0.1) is 11.3 Å². The number of halogens is 3. The Hall–Kier alpha value is -2.50. The zero-order valence-corrected chi connectivity index (χ0v) is 23.4. The van der Waals surface area contributed by atoms with Crippen LogP contribution in [0.3, 0.4) is 0 Å². The van der Waals surface area contributed by atoms with Gasteiger partial charge in [-0.1, -0.05) is 41.4 Å². The Kier molecular flexibility index (Phi) is 8.35. The largest absolute Gasteiger partial charge is 0.354 e. The van der Waals surface area contributed by atoms with Gasteiger partial charge in [0.15, 0.2) is 0 Å². The molecule has 2 aromatic carbocycles. The van der Waals surface area contributed by atoms with Crippen molar-refractivity contribution in [2.24, 2.45) is 11.8 Å². The molecule has 1 fully saturated rings. The monoisotopic (exact) mass is 593 g/mol. The van der Waals surface area contributed by atoms with Crippen molar-refractivity contribution in [3.63, 3.8) is 0 Å². The van der Waals surface area contributed by atoms with Gasteiger partial charge >= 0.3 is 0 Å². The van der Waals surface area contributed by atoms with Gasteiger partial charge in [0.2, 0.25) is 16.0 Å². The maximum atomic E-state index is 13.7. The predicted molar refractivity (Wildman–Crippen MR) is 153 cm³/mol. The first-order valence-corrected chi connectivity index (χ1v) is 15.3. The maximum absolute atomic E-state index is 13.7. The number of anilines is 3. The van der Waals surface area contributed by atoms with Crippen LogP contribution in [0.1, 0.15) is 25.7 Å². The van der Waals surface area contributed by atoms with Crippen LogP contribution >= 0.6 is 34.5 Å². The summed E-state index contributed by atoms with van der Waals surface area (Å²) in [6.07, 6.45) is 3.76. The SMILES string of the molecule is O=S(=O)(NC[C@H]1CC[C@H](CNc2nc(Nc3cccc(F)c3)c3ccccc3n2)CC1)c1cc(Cl)sc1Cl. The topological polar surface area (TPSA) is 96.0 Å². The Morgan fingerprint density at radius 3 is 2.39 bits per heavy atom. The summed E-state index contributed by atoms with van der Waals surface area (Å²) < 4.78 is 42.1. The molecule has 0 atom stereocenters. The standard InChI is InChI=1S/C26H26Cl2FN5O2S2/c27-23-13-22(24(28)37-23)38(35,36)31-15-17-10-8-16(9-11-17)14-30-26-33-21-7-2-1-6-20(21)25(34-26)32-19-5-3-4-18(29)12-19/h1-7,12-13,16-17,31H,8-11,14-15H2,(H2,30,32,33,34)/t16-,17-. The van der Waals surface area contributed by atoms with E-state index in [0.717, 1.165) is 47.9 Å². The minimum atomic E-state index is -3.69. The minimum absolute atomic E-state index is 0.0358. The van der Waals surface area contributed by atoms with Crippen molar-refractivity contribution in [2.75, 3.05) is 23.7 Å². The quantitative estimate of drug-likeness (QED) is 0.192. The fraction of sp³-hybridized carbons (Fsp3) is 0.308. The van der Waals surface area contributed by atoms with E-state index in [9.17, 15) is 12.8 Å². The molecule has 3 N–H and O–H groups in total. The molecule has 1 aliphatic carbocycles. The van der Waals surface area contributed by atoms with Crippen LogP contribution < -0.4 is 15.4 Å². The molecule has 2 heterocycles. The van der Waals surface area contributed by atoms with E-state index in [1.807, 2.05) is 24.3 Å². The van der Waals surface area contributed by atoms with Gasteiger partial charge in [0, 0.05) is 24.2 Å². The number of benzene rings is 2. The molecule has 0 aliphatic heterocycles. The lowest BCUT2D eigenvalue weighted by molar-refractivity contribution is 0.284. The third-order valence-corrected chi connectivity index (χ3v) is 9.86. The van der Waals surface area contributed by atoms with E-state index in [-0.39, 0.29) is 21.0 Å². The van der Waals surface area contributed by atoms with Crippen LogP contribution in [0.4, 0.5) is 21.8 Å². The summed E-state index contributed by atoms with van der Waals surface area (Å²) in [4.78, 5) is 9.36. The van der Waals surface area contributed by atoms with Gasteiger partial charge in [-0.05, 0) is 73.9 Å². The molecule has 0 bridgehead atoms. The van der Waals surface area contributed by atoms with Crippen molar-refractivity contribution in [2.45, 2.75) is 30.6 Å². The second-order valence-corrected chi connectivity index (χ2v) is 13.4. The summed E-state index contributed by atoms with van der Waals surface area (Å²) in [5.41, 5.74) is 1.39. The fourth-order valence-corrected chi connectivity index (χ4v) is 7.91. The summed E-state index contributed by atoms with van der Waals surface area (Å²) in [6.45, 7) is 1.08. The Morgan fingerprint density at radius 1 is 0.947 bits per heavy atom. The Balaban J connectivity index is 1.17. The van der Waals surface area contributed by atoms with Crippen LogP contribution in [-0.4, -0.2) is 31.5 Å². The van der Waals surface area contributed by atoms with Gasteiger partial charge in [0.05, 0.1) is 9.85 Å². The summed E-state index contributed by atoms with van der Waals surface area (Å²) in [6, 6.07) is 15.3. The van der Waals surface area contributed by atoms with E-state index in [1.54, 1.807) is 12.1 Å². The van der Waals surface area contributed by atoms with E-state index in [4.69, 9.17) is 23.2 Å². The predicted octanol–water partition coefficient (Wildman–Crippen LogP) is 7.08. The summed E-state index contributed by atoms with van der Waals surface area (Å²) in [5, 5.41) is 7.43. The zero-order chi connectivity index (χ0) is 26.7. The van der Waals surface area contributed by atoms with E-state index >= 15 is 0 Å². The number of fused-ring (bicyclic) bond motifs is 1. The van der Waals surface area contributed by atoms with Crippen molar-refractivity contribution < 1.29 is 12.8 Å². The summed E-state index contributed by atoms with van der Waals surface area (Å²) in [5.74, 6) is 1.46. The molecular formula is C26H26Cl2FN5O2S2. The Morgan fingerprint density at radius 2 is 1.68 bits per heavy atom. The van der Waals surface area contributed by atoms with Gasteiger partial charge in [-0.2, -0.15) is 4.98 Å². The summed E-state index contributed by atoms with van der Waals surface area (Å²) in [7, 11) is -3.69. The normalized spacial score (nSPS) is 18.0. The molecule has 1 aliphatic rings. The highest BCUT2D eigenvalue weighted by molar-refractivity contribution is 7.89. The maximum Gasteiger partial charge on any atom is 0.242 e.